The van der Waals surface area contributed by atoms with Gasteiger partial charge in [-0.15, -0.1) is 0 Å². The van der Waals surface area contributed by atoms with E-state index in [1.807, 2.05) is 29.2 Å². The van der Waals surface area contributed by atoms with Gasteiger partial charge in [0.1, 0.15) is 23.1 Å². The van der Waals surface area contributed by atoms with Crippen molar-refractivity contribution in [3.8, 4) is 11.5 Å². The Morgan fingerprint density at radius 1 is 1.02 bits per heavy atom. The summed E-state index contributed by atoms with van der Waals surface area (Å²) in [5, 5.41) is 14.2. The third kappa shape index (κ3) is 6.47. The average Bonchev–Trinajstić information content (AvgIpc) is 3.01. The number of likely N-dealkylation sites (tertiary alicyclic amines) is 1. The average molecular weight is 577 g/mol. The molecule has 4 N–H and O–H groups in total. The van der Waals surface area contributed by atoms with Gasteiger partial charge in [-0.3, -0.25) is 19.3 Å². The van der Waals surface area contributed by atoms with Gasteiger partial charge in [0, 0.05) is 31.7 Å². The number of hydrogen-bond donors (Lipinski definition) is 3. The highest BCUT2D eigenvalue weighted by Gasteiger charge is 2.55. The second-order valence-electron chi connectivity index (χ2n) is 12.1. The number of aliphatic hydroxyl groups excluding tert-OH is 1. The minimum absolute atomic E-state index is 0.0658. The van der Waals surface area contributed by atoms with Crippen molar-refractivity contribution in [2.24, 2.45) is 11.7 Å². The first kappa shape index (κ1) is 30.0. The summed E-state index contributed by atoms with van der Waals surface area (Å²) < 4.78 is 5.90. The standard InChI is InChI=1S/C33H44N4O5/c1-2-3-19-37-31(40)28(29(38)24-7-5-4-6-8-24)35-32(41)33(37)17-20-36(21-18-33)22-23-9-13-26(14-10-23)42-27-15-11-25(12-16-27)30(34)39/h9-16,24,28-29,38H,2-8,17-22H2,1H3,(H2,34,39)(H,35,41)/t28-,29-/m1/s1. The number of nitrogens with zero attached hydrogens (tertiary/aromatic N) is 2. The molecule has 2 saturated heterocycles. The topological polar surface area (TPSA) is 125 Å². The summed E-state index contributed by atoms with van der Waals surface area (Å²) in [6, 6.07) is 13.7. The van der Waals surface area contributed by atoms with Crippen LogP contribution in [0.4, 0.5) is 0 Å². The van der Waals surface area contributed by atoms with Crippen molar-refractivity contribution in [3.05, 3.63) is 59.7 Å². The van der Waals surface area contributed by atoms with Gasteiger partial charge in [-0.1, -0.05) is 44.7 Å². The lowest BCUT2D eigenvalue weighted by atomic mass is 9.78. The van der Waals surface area contributed by atoms with Crippen LogP contribution in [0, 0.1) is 5.92 Å². The van der Waals surface area contributed by atoms with Gasteiger partial charge in [-0.25, -0.2) is 0 Å². The van der Waals surface area contributed by atoms with Crippen LogP contribution in [-0.4, -0.2) is 69.9 Å². The van der Waals surface area contributed by atoms with Gasteiger partial charge in [0.15, 0.2) is 0 Å². The fourth-order valence-corrected chi connectivity index (χ4v) is 6.78. The molecule has 3 amide bonds. The Kier molecular flexibility index (Phi) is 9.48. The van der Waals surface area contributed by atoms with Gasteiger partial charge < -0.3 is 25.8 Å². The largest absolute Gasteiger partial charge is 0.457 e. The molecule has 2 aliphatic heterocycles. The molecule has 1 spiro atoms. The third-order valence-electron chi connectivity index (χ3n) is 9.35. The number of piperidine rings is 1. The zero-order valence-electron chi connectivity index (χ0n) is 24.6. The molecule has 9 heteroatoms. The predicted molar refractivity (Wildman–Crippen MR) is 160 cm³/mol. The summed E-state index contributed by atoms with van der Waals surface area (Å²) in [6.07, 6.45) is 7.21. The zero-order chi connectivity index (χ0) is 29.7. The summed E-state index contributed by atoms with van der Waals surface area (Å²) in [6.45, 7) is 4.77. The Labute approximate surface area is 248 Å². The number of carbonyl (C=O) groups is 3. The van der Waals surface area contributed by atoms with E-state index < -0.39 is 23.6 Å². The molecule has 0 radical (unpaired) electrons. The van der Waals surface area contributed by atoms with Crippen molar-refractivity contribution in [1.82, 2.24) is 15.1 Å². The second-order valence-corrected chi connectivity index (χ2v) is 12.1. The highest BCUT2D eigenvalue weighted by atomic mass is 16.5. The van der Waals surface area contributed by atoms with Crippen LogP contribution >= 0.6 is 0 Å². The monoisotopic (exact) mass is 576 g/mol. The quantitative estimate of drug-likeness (QED) is 0.393. The van der Waals surface area contributed by atoms with Crippen LogP contribution in [0.15, 0.2) is 48.5 Å². The lowest BCUT2D eigenvalue weighted by Gasteiger charge is -2.52. The lowest BCUT2D eigenvalue weighted by Crippen LogP contribution is -2.75. The number of unbranched alkanes of at least 4 members (excludes halogenated alkanes) is 1. The molecule has 226 valence electrons. The molecule has 0 unspecified atom stereocenters. The summed E-state index contributed by atoms with van der Waals surface area (Å²) in [5.74, 6) is 0.678. The molecule has 42 heavy (non-hydrogen) atoms. The van der Waals surface area contributed by atoms with E-state index in [1.54, 1.807) is 24.3 Å². The number of ether oxygens (including phenoxy) is 1. The first-order chi connectivity index (χ1) is 20.3. The minimum Gasteiger partial charge on any atom is -0.457 e. The van der Waals surface area contributed by atoms with Crippen LogP contribution in [0.5, 0.6) is 11.5 Å². The van der Waals surface area contributed by atoms with Crippen molar-refractivity contribution in [2.75, 3.05) is 19.6 Å². The number of benzene rings is 2. The molecule has 2 aromatic carbocycles. The van der Waals surface area contributed by atoms with Crippen LogP contribution in [0.1, 0.15) is 80.6 Å². The Balaban J connectivity index is 1.20. The van der Waals surface area contributed by atoms with Crippen LogP contribution in [0.2, 0.25) is 0 Å². The van der Waals surface area contributed by atoms with E-state index in [4.69, 9.17) is 10.5 Å². The van der Waals surface area contributed by atoms with E-state index in [1.165, 1.54) is 6.42 Å². The van der Waals surface area contributed by atoms with E-state index in [0.29, 0.717) is 49.5 Å². The summed E-state index contributed by atoms with van der Waals surface area (Å²) in [4.78, 5) is 43.0. The van der Waals surface area contributed by atoms with Crippen LogP contribution in [0.3, 0.4) is 0 Å². The fraction of sp³-hybridized carbons (Fsp3) is 0.545. The number of carbonyl (C=O) groups excluding carboxylic acids is 3. The number of aliphatic hydroxyl groups is 1. The summed E-state index contributed by atoms with van der Waals surface area (Å²) >= 11 is 0. The smallest absolute Gasteiger partial charge is 0.248 e. The lowest BCUT2D eigenvalue weighted by molar-refractivity contribution is -0.166. The Bertz CT molecular complexity index is 1230. The van der Waals surface area contributed by atoms with Gasteiger partial charge in [-0.05, 0) is 80.0 Å². The van der Waals surface area contributed by atoms with E-state index >= 15 is 0 Å². The first-order valence-corrected chi connectivity index (χ1v) is 15.5. The number of primary amides is 1. The van der Waals surface area contributed by atoms with Gasteiger partial charge in [-0.2, -0.15) is 0 Å². The molecule has 5 rings (SSSR count). The van der Waals surface area contributed by atoms with E-state index in [2.05, 4.69) is 17.1 Å². The Morgan fingerprint density at radius 2 is 1.64 bits per heavy atom. The van der Waals surface area contributed by atoms with Crippen molar-refractivity contribution < 1.29 is 24.2 Å². The number of piperazine rings is 1. The van der Waals surface area contributed by atoms with Crippen molar-refractivity contribution in [2.45, 2.75) is 88.9 Å². The van der Waals surface area contributed by atoms with Gasteiger partial charge >= 0.3 is 0 Å². The van der Waals surface area contributed by atoms with E-state index in [0.717, 1.165) is 50.6 Å². The van der Waals surface area contributed by atoms with E-state index in [9.17, 15) is 19.5 Å². The van der Waals surface area contributed by atoms with Crippen LogP contribution < -0.4 is 15.8 Å². The van der Waals surface area contributed by atoms with Crippen molar-refractivity contribution >= 4 is 17.7 Å². The number of nitrogens with two attached hydrogens (primary N) is 1. The number of nitrogens with one attached hydrogen (secondary N) is 1. The minimum atomic E-state index is -0.854. The molecule has 2 aromatic rings. The number of hydrogen-bond acceptors (Lipinski definition) is 6. The number of amides is 3. The van der Waals surface area contributed by atoms with Gasteiger partial charge in [0.2, 0.25) is 17.7 Å². The van der Waals surface area contributed by atoms with Crippen molar-refractivity contribution in [1.29, 1.82) is 0 Å². The van der Waals surface area contributed by atoms with Gasteiger partial charge in [0.25, 0.3) is 0 Å². The SMILES string of the molecule is CCCCN1C(=O)[C@@H]([C@H](O)C2CCCCC2)NC(=O)C12CCN(Cc1ccc(Oc3ccc(C(N)=O)cc3)cc1)CC2. The van der Waals surface area contributed by atoms with Crippen LogP contribution in [0.25, 0.3) is 0 Å². The maximum absolute atomic E-state index is 13.8. The molecular formula is C33H44N4O5. The Morgan fingerprint density at radius 3 is 2.24 bits per heavy atom. The molecule has 2 heterocycles. The molecule has 9 nitrogen and oxygen atoms in total. The number of rotatable bonds is 10. The summed E-state index contributed by atoms with van der Waals surface area (Å²) in [7, 11) is 0. The van der Waals surface area contributed by atoms with Crippen molar-refractivity contribution in [3.63, 3.8) is 0 Å². The molecule has 3 aliphatic rings. The van der Waals surface area contributed by atoms with Gasteiger partial charge in [0.05, 0.1) is 6.10 Å². The Hall–Kier alpha value is -3.43. The molecule has 1 aliphatic carbocycles. The molecular weight excluding hydrogens is 532 g/mol. The molecule has 3 fully saturated rings. The summed E-state index contributed by atoms with van der Waals surface area (Å²) in [5.41, 5.74) is 6.01. The third-order valence-corrected chi connectivity index (χ3v) is 9.35. The second kappa shape index (κ2) is 13.3. The molecule has 2 atom stereocenters. The first-order valence-electron chi connectivity index (χ1n) is 15.5. The predicted octanol–water partition coefficient (Wildman–Crippen LogP) is 3.98. The zero-order valence-corrected chi connectivity index (χ0v) is 24.6. The van der Waals surface area contributed by atoms with E-state index in [-0.39, 0.29) is 17.7 Å². The maximum Gasteiger partial charge on any atom is 0.248 e. The normalized spacial score (nSPS) is 22.1. The highest BCUT2D eigenvalue weighted by molar-refractivity contribution is 6.00. The molecule has 0 bridgehead atoms. The molecule has 0 aromatic heterocycles. The highest BCUT2D eigenvalue weighted by Crippen LogP contribution is 2.36. The fourth-order valence-electron chi connectivity index (χ4n) is 6.78. The molecule has 1 saturated carbocycles. The van der Waals surface area contributed by atoms with Crippen LogP contribution in [-0.2, 0) is 16.1 Å². The maximum atomic E-state index is 13.8.